The van der Waals surface area contributed by atoms with Crippen molar-refractivity contribution in [1.29, 1.82) is 0 Å². The molecule has 170 valence electrons. The maximum atomic E-state index is 13.2. The number of hydrogen-bond acceptors (Lipinski definition) is 6. The van der Waals surface area contributed by atoms with E-state index in [1.807, 2.05) is 4.90 Å². The minimum Gasteiger partial charge on any atom is -0.364 e. The molecule has 2 atom stereocenters. The van der Waals surface area contributed by atoms with Crippen molar-refractivity contribution in [3.63, 3.8) is 0 Å². The van der Waals surface area contributed by atoms with E-state index in [0.29, 0.717) is 37.8 Å². The number of pyridine rings is 1. The molecule has 2 aromatic rings. The number of aromatic nitrogens is 2. The quantitative estimate of drug-likeness (QED) is 0.691. The zero-order valence-electron chi connectivity index (χ0n) is 18.6. The number of likely N-dealkylation sites (tertiary alicyclic amines) is 1. The Morgan fingerprint density at radius 2 is 2.16 bits per heavy atom. The fraction of sp³-hybridized carbons (Fsp3) is 0.565. The number of amides is 2. The summed E-state index contributed by atoms with van der Waals surface area (Å²) in [6.45, 7) is 2.71. The van der Waals surface area contributed by atoms with Crippen LogP contribution in [0, 0.1) is 5.92 Å². The van der Waals surface area contributed by atoms with Gasteiger partial charge in [-0.3, -0.25) is 19.3 Å². The second-order valence-electron chi connectivity index (χ2n) is 9.40. The van der Waals surface area contributed by atoms with Crippen LogP contribution in [0.15, 0.2) is 27.8 Å². The molecule has 0 radical (unpaired) electrons. The molecule has 3 aliphatic rings. The Morgan fingerprint density at radius 3 is 2.84 bits per heavy atom. The van der Waals surface area contributed by atoms with Crippen LogP contribution in [0.3, 0.4) is 0 Å². The summed E-state index contributed by atoms with van der Waals surface area (Å²) in [7, 11) is 3.30. The van der Waals surface area contributed by atoms with Gasteiger partial charge in [-0.1, -0.05) is 5.16 Å². The smallest absolute Gasteiger partial charge is 0.263 e. The molecule has 2 amide bonds. The Kier molecular flexibility index (Phi) is 5.36. The first-order valence-corrected chi connectivity index (χ1v) is 11.3. The number of hydrogen-bond donors (Lipinski definition) is 0. The van der Waals surface area contributed by atoms with Gasteiger partial charge < -0.3 is 18.9 Å². The fourth-order valence-corrected chi connectivity index (χ4v) is 5.54. The maximum Gasteiger partial charge on any atom is 0.263 e. The minimum atomic E-state index is -0.335. The first-order chi connectivity index (χ1) is 15.4. The lowest BCUT2D eigenvalue weighted by Gasteiger charge is -2.33. The van der Waals surface area contributed by atoms with Gasteiger partial charge in [0.05, 0.1) is 13.1 Å². The average molecular weight is 440 g/mol. The lowest BCUT2D eigenvalue weighted by atomic mass is 9.95. The van der Waals surface area contributed by atoms with E-state index in [1.165, 1.54) is 35.0 Å². The number of nitrogens with zero attached hydrogens (tertiary/aromatic N) is 5. The van der Waals surface area contributed by atoms with Crippen LogP contribution >= 0.6 is 0 Å². The molecular weight excluding hydrogens is 410 g/mol. The fourth-order valence-electron chi connectivity index (χ4n) is 5.54. The second-order valence-corrected chi connectivity index (χ2v) is 9.40. The summed E-state index contributed by atoms with van der Waals surface area (Å²) in [6, 6.07) is 2.25. The first-order valence-electron chi connectivity index (χ1n) is 11.3. The summed E-state index contributed by atoms with van der Waals surface area (Å²) in [5.74, 6) is 0.554. The molecule has 1 saturated carbocycles. The van der Waals surface area contributed by atoms with E-state index in [4.69, 9.17) is 4.52 Å². The molecular formula is C23H29N5O4. The van der Waals surface area contributed by atoms with Crippen LogP contribution in [-0.4, -0.2) is 69.0 Å². The molecule has 4 heterocycles. The van der Waals surface area contributed by atoms with Gasteiger partial charge in [0.1, 0.15) is 17.5 Å². The Hall–Kier alpha value is -2.94. The lowest BCUT2D eigenvalue weighted by Crippen LogP contribution is -2.46. The molecule has 5 rings (SSSR count). The van der Waals surface area contributed by atoms with Crippen molar-refractivity contribution in [2.45, 2.75) is 44.8 Å². The van der Waals surface area contributed by atoms with Crippen molar-refractivity contribution in [2.24, 2.45) is 13.0 Å². The van der Waals surface area contributed by atoms with E-state index in [9.17, 15) is 14.4 Å². The number of fused-ring (bicyclic) bond motifs is 3. The van der Waals surface area contributed by atoms with Crippen LogP contribution in [0.25, 0.3) is 0 Å². The molecule has 0 N–H and O–H groups in total. The molecule has 0 spiro atoms. The highest BCUT2D eigenvalue weighted by Crippen LogP contribution is 2.37. The van der Waals surface area contributed by atoms with Crippen molar-refractivity contribution in [2.75, 3.05) is 26.7 Å². The monoisotopic (exact) mass is 439 g/mol. The topological polar surface area (TPSA) is 91.9 Å². The lowest BCUT2D eigenvalue weighted by molar-refractivity contribution is -0.133. The summed E-state index contributed by atoms with van der Waals surface area (Å²) in [4.78, 5) is 44.8. The van der Waals surface area contributed by atoms with Crippen LogP contribution in [-0.2, 0) is 31.4 Å². The molecule has 9 nitrogen and oxygen atoms in total. The van der Waals surface area contributed by atoms with Gasteiger partial charge >= 0.3 is 0 Å². The van der Waals surface area contributed by atoms with E-state index in [1.54, 1.807) is 26.4 Å². The van der Waals surface area contributed by atoms with Crippen LogP contribution in [0.1, 0.15) is 46.4 Å². The SMILES string of the molecule is CN(Cc1ccon1)C(=O)c1c2c(cn(C)c1=O)CN(C(=O)CN1C[C@@H]3CC[C@H]1C3)CC2. The molecule has 2 aromatic heterocycles. The maximum absolute atomic E-state index is 13.2. The second kappa shape index (κ2) is 8.20. The number of aryl methyl sites for hydroxylation is 1. The third-order valence-electron chi connectivity index (χ3n) is 7.23. The largest absolute Gasteiger partial charge is 0.364 e. The van der Waals surface area contributed by atoms with E-state index in [0.717, 1.165) is 23.6 Å². The van der Waals surface area contributed by atoms with Gasteiger partial charge in [-0.05, 0) is 42.7 Å². The third-order valence-corrected chi connectivity index (χ3v) is 7.23. The summed E-state index contributed by atoms with van der Waals surface area (Å²) in [5.41, 5.74) is 2.13. The summed E-state index contributed by atoms with van der Waals surface area (Å²) < 4.78 is 6.29. The summed E-state index contributed by atoms with van der Waals surface area (Å²) in [6.07, 6.45) is 7.45. The van der Waals surface area contributed by atoms with Crippen molar-refractivity contribution in [1.82, 2.24) is 24.4 Å². The van der Waals surface area contributed by atoms with Crippen molar-refractivity contribution in [3.8, 4) is 0 Å². The molecule has 0 aromatic carbocycles. The third kappa shape index (κ3) is 3.74. The Bertz CT molecular complexity index is 1090. The van der Waals surface area contributed by atoms with Crippen LogP contribution < -0.4 is 5.56 Å². The van der Waals surface area contributed by atoms with Crippen LogP contribution in [0.5, 0.6) is 0 Å². The number of rotatable bonds is 5. The van der Waals surface area contributed by atoms with Crippen LogP contribution in [0.4, 0.5) is 0 Å². The van der Waals surface area contributed by atoms with Crippen molar-refractivity contribution in [3.05, 3.63) is 51.3 Å². The predicted octanol–water partition coefficient (Wildman–Crippen LogP) is 1.01. The molecule has 0 unspecified atom stereocenters. The molecule has 9 heteroatoms. The average Bonchev–Trinajstić information content (AvgIpc) is 3.53. The van der Waals surface area contributed by atoms with Gasteiger partial charge in [-0.25, -0.2) is 0 Å². The highest BCUT2D eigenvalue weighted by Gasteiger charge is 2.39. The minimum absolute atomic E-state index is 0.132. The number of carbonyl (C=O) groups is 2. The van der Waals surface area contributed by atoms with Gasteiger partial charge in [0, 0.05) is 52.0 Å². The van der Waals surface area contributed by atoms with E-state index < -0.39 is 0 Å². The van der Waals surface area contributed by atoms with Gasteiger partial charge in [-0.2, -0.15) is 0 Å². The molecule has 2 aliphatic heterocycles. The predicted molar refractivity (Wildman–Crippen MR) is 116 cm³/mol. The first kappa shape index (κ1) is 20.9. The van der Waals surface area contributed by atoms with Crippen molar-refractivity contribution >= 4 is 11.8 Å². The Labute approximate surface area is 186 Å². The zero-order chi connectivity index (χ0) is 22.4. The molecule has 2 bridgehead atoms. The number of carbonyl (C=O) groups excluding carboxylic acids is 2. The molecule has 32 heavy (non-hydrogen) atoms. The van der Waals surface area contributed by atoms with Gasteiger partial charge in [0.15, 0.2) is 0 Å². The van der Waals surface area contributed by atoms with Crippen molar-refractivity contribution < 1.29 is 14.1 Å². The van der Waals surface area contributed by atoms with Crippen LogP contribution in [0.2, 0.25) is 0 Å². The van der Waals surface area contributed by atoms with E-state index in [2.05, 4.69) is 10.1 Å². The molecule has 1 saturated heterocycles. The zero-order valence-corrected chi connectivity index (χ0v) is 18.6. The Morgan fingerprint density at radius 1 is 1.31 bits per heavy atom. The van der Waals surface area contributed by atoms with E-state index >= 15 is 0 Å². The highest BCUT2D eigenvalue weighted by molar-refractivity contribution is 5.95. The van der Waals surface area contributed by atoms with Gasteiger partial charge in [0.25, 0.3) is 11.5 Å². The molecule has 1 aliphatic carbocycles. The highest BCUT2D eigenvalue weighted by atomic mass is 16.5. The number of piperidine rings is 1. The standard InChI is InChI=1S/C23H29N5O4/c1-25-11-16-12-27(20(29)14-28-10-15-3-4-18(28)9-15)7-5-19(16)21(22(25)30)23(31)26(2)13-17-6-8-32-24-17/h6,8,11,15,18H,3-5,7,9-10,12-14H2,1-2H3/t15-,18+/m1/s1. The van der Waals surface area contributed by atoms with Gasteiger partial charge in [0.2, 0.25) is 5.91 Å². The summed E-state index contributed by atoms with van der Waals surface area (Å²) in [5, 5.41) is 3.84. The van der Waals surface area contributed by atoms with Gasteiger partial charge in [-0.15, -0.1) is 0 Å². The van der Waals surface area contributed by atoms with E-state index in [-0.39, 0.29) is 29.5 Å². The normalized spacial score (nSPS) is 22.2. The Balaban J connectivity index is 1.34. The summed E-state index contributed by atoms with van der Waals surface area (Å²) >= 11 is 0. The molecule has 2 fully saturated rings.